The van der Waals surface area contributed by atoms with E-state index >= 15 is 4.39 Å². The molecule has 1 unspecified atom stereocenters. The molecule has 1 saturated carbocycles. The van der Waals surface area contributed by atoms with Crippen LogP contribution >= 0.6 is 11.6 Å². The zero-order chi connectivity index (χ0) is 28.0. The Labute approximate surface area is 236 Å². The van der Waals surface area contributed by atoms with E-state index in [9.17, 15) is 9.90 Å². The molecule has 4 rings (SSSR count). The molecule has 0 radical (unpaired) electrons. The highest BCUT2D eigenvalue weighted by molar-refractivity contribution is 6.33. The number of aliphatic hydroxyl groups is 1. The average Bonchev–Trinajstić information content (AvgIpc) is 2.96. The van der Waals surface area contributed by atoms with Gasteiger partial charge in [-0.25, -0.2) is 4.39 Å². The average molecular weight is 561 g/mol. The van der Waals surface area contributed by atoms with Gasteiger partial charge in [-0.2, -0.15) is 0 Å². The highest BCUT2D eigenvalue weighted by Crippen LogP contribution is 2.44. The largest absolute Gasteiger partial charge is 0.385 e. The molecular weight excluding hydrogens is 519 g/mol. The molecule has 214 valence electrons. The molecule has 1 saturated heterocycles. The number of carbonyl (C=O) groups excluding carboxylic acids is 1. The van der Waals surface area contributed by atoms with Gasteiger partial charge in [0, 0.05) is 42.3 Å². The van der Waals surface area contributed by atoms with Gasteiger partial charge < -0.3 is 25.2 Å². The van der Waals surface area contributed by atoms with Crippen LogP contribution in [0.5, 0.6) is 0 Å². The number of unbranched alkanes of at least 4 members (excludes halogenated alkanes) is 1. The van der Waals surface area contributed by atoms with Crippen LogP contribution in [0.4, 0.5) is 4.39 Å². The van der Waals surface area contributed by atoms with Gasteiger partial charge in [-0.1, -0.05) is 35.4 Å². The first-order valence-corrected chi connectivity index (χ1v) is 14.5. The predicted octanol–water partition coefficient (Wildman–Crippen LogP) is 5.45. The van der Waals surface area contributed by atoms with E-state index in [1.54, 1.807) is 37.4 Å². The van der Waals surface area contributed by atoms with Crippen LogP contribution in [0.3, 0.4) is 0 Å². The Morgan fingerprint density at radius 3 is 2.72 bits per heavy atom. The molecule has 6 nitrogen and oxygen atoms in total. The lowest BCUT2D eigenvalue weighted by Gasteiger charge is -2.44. The maximum absolute atomic E-state index is 15.2. The first-order valence-electron chi connectivity index (χ1n) is 14.2. The van der Waals surface area contributed by atoms with Crippen molar-refractivity contribution in [1.29, 1.82) is 0 Å². The van der Waals surface area contributed by atoms with Crippen molar-refractivity contribution in [2.75, 3.05) is 40.0 Å². The van der Waals surface area contributed by atoms with Crippen molar-refractivity contribution in [2.24, 2.45) is 17.6 Å². The molecule has 1 amide bonds. The predicted molar refractivity (Wildman–Crippen MR) is 152 cm³/mol. The summed E-state index contributed by atoms with van der Waals surface area (Å²) in [5.74, 6) is 0.180. The van der Waals surface area contributed by atoms with Gasteiger partial charge in [0.2, 0.25) is 5.91 Å². The van der Waals surface area contributed by atoms with Crippen molar-refractivity contribution in [1.82, 2.24) is 4.90 Å². The number of ether oxygens (including phenoxy) is 2. The van der Waals surface area contributed by atoms with Gasteiger partial charge in [0.25, 0.3) is 0 Å². The standard InChI is InChI=1S/C31H42ClFN2O4/c1-21-8-13-27(33)24(18-21)29-25(6-5-7-26(29)32)31(37,14-3-4-16-38-2)28-20-35(15-17-39-28)30(36)23-11-9-22(19-34)10-12-23/h5-8,13,18,22-23,28,37H,3-4,9-12,14-17,19-20,34H2,1-2H3/t22?,23?,28?,31-/m1/s1. The summed E-state index contributed by atoms with van der Waals surface area (Å²) in [5, 5.41) is 12.9. The number of hydrogen-bond acceptors (Lipinski definition) is 5. The quantitative estimate of drug-likeness (QED) is 0.377. The number of carbonyl (C=O) groups is 1. The lowest BCUT2D eigenvalue weighted by molar-refractivity contribution is -0.168. The SMILES string of the molecule is COCCCC[C@@](O)(c1cccc(Cl)c1-c1cc(C)ccc1F)C1CN(C(=O)C2CCC(CN)CC2)CCO1. The van der Waals surface area contributed by atoms with Crippen molar-refractivity contribution in [3.05, 3.63) is 58.4 Å². The molecule has 1 heterocycles. The second-order valence-corrected chi connectivity index (χ2v) is 11.5. The van der Waals surface area contributed by atoms with E-state index in [0.29, 0.717) is 66.8 Å². The molecule has 2 atom stereocenters. The summed E-state index contributed by atoms with van der Waals surface area (Å²) < 4.78 is 26.6. The first kappa shape index (κ1) is 29.9. The number of amides is 1. The van der Waals surface area contributed by atoms with Crippen LogP contribution in [-0.4, -0.2) is 62.0 Å². The second kappa shape index (κ2) is 13.6. The minimum atomic E-state index is -1.50. The summed E-state index contributed by atoms with van der Waals surface area (Å²) in [4.78, 5) is 15.4. The third-order valence-electron chi connectivity index (χ3n) is 8.47. The monoisotopic (exact) mass is 560 g/mol. The van der Waals surface area contributed by atoms with Crippen LogP contribution < -0.4 is 5.73 Å². The number of nitrogens with two attached hydrogens (primary N) is 1. The summed E-state index contributed by atoms with van der Waals surface area (Å²) in [6, 6.07) is 10.2. The van der Waals surface area contributed by atoms with Gasteiger partial charge in [-0.05, 0) is 88.1 Å². The molecule has 2 aromatic rings. The number of nitrogens with zero attached hydrogens (tertiary/aromatic N) is 1. The lowest BCUT2D eigenvalue weighted by Crippen LogP contribution is -2.55. The number of halogens is 2. The number of hydrogen-bond donors (Lipinski definition) is 2. The van der Waals surface area contributed by atoms with Crippen molar-refractivity contribution in [3.63, 3.8) is 0 Å². The number of methoxy groups -OCH3 is 1. The molecule has 1 aliphatic heterocycles. The van der Waals surface area contributed by atoms with Crippen LogP contribution in [0, 0.1) is 24.6 Å². The molecule has 0 aromatic heterocycles. The van der Waals surface area contributed by atoms with Gasteiger partial charge in [-0.3, -0.25) is 4.79 Å². The Kier molecular flexibility index (Phi) is 10.4. The van der Waals surface area contributed by atoms with Crippen LogP contribution in [-0.2, 0) is 19.9 Å². The van der Waals surface area contributed by atoms with Gasteiger partial charge in [0.05, 0.1) is 13.2 Å². The fraction of sp³-hybridized carbons (Fsp3) is 0.581. The van der Waals surface area contributed by atoms with Crippen molar-refractivity contribution < 1.29 is 23.8 Å². The fourth-order valence-electron chi connectivity index (χ4n) is 6.14. The zero-order valence-corrected chi connectivity index (χ0v) is 23.9. The summed E-state index contributed by atoms with van der Waals surface area (Å²) in [6.07, 6.45) is 4.69. The normalized spacial score (nSPS) is 23.4. The Morgan fingerprint density at radius 2 is 2.00 bits per heavy atom. The number of benzene rings is 2. The molecule has 1 aliphatic carbocycles. The van der Waals surface area contributed by atoms with Crippen LogP contribution in [0.15, 0.2) is 36.4 Å². The van der Waals surface area contributed by atoms with Gasteiger partial charge in [-0.15, -0.1) is 0 Å². The number of aryl methyl sites for hydroxylation is 1. The summed E-state index contributed by atoms with van der Waals surface area (Å²) in [6.45, 7) is 4.20. The Morgan fingerprint density at radius 1 is 1.23 bits per heavy atom. The smallest absolute Gasteiger partial charge is 0.225 e. The topological polar surface area (TPSA) is 85.0 Å². The molecule has 2 aromatic carbocycles. The minimum Gasteiger partial charge on any atom is -0.385 e. The molecule has 2 aliphatic rings. The molecule has 0 bridgehead atoms. The Balaban J connectivity index is 1.67. The zero-order valence-electron chi connectivity index (χ0n) is 23.1. The van der Waals surface area contributed by atoms with E-state index in [0.717, 1.165) is 37.7 Å². The van der Waals surface area contributed by atoms with Gasteiger partial charge >= 0.3 is 0 Å². The van der Waals surface area contributed by atoms with E-state index in [4.69, 9.17) is 26.8 Å². The highest BCUT2D eigenvalue weighted by atomic mass is 35.5. The number of morpholine rings is 1. The third kappa shape index (κ3) is 6.83. The van der Waals surface area contributed by atoms with Gasteiger partial charge in [0.1, 0.15) is 17.5 Å². The van der Waals surface area contributed by atoms with Crippen LogP contribution in [0.2, 0.25) is 5.02 Å². The Hall–Kier alpha value is -2.03. The lowest BCUT2D eigenvalue weighted by atomic mass is 9.78. The molecule has 39 heavy (non-hydrogen) atoms. The fourth-order valence-corrected chi connectivity index (χ4v) is 6.42. The molecule has 3 N–H and O–H groups in total. The molecule has 0 spiro atoms. The van der Waals surface area contributed by atoms with Gasteiger partial charge in [0.15, 0.2) is 0 Å². The number of rotatable bonds is 10. The highest BCUT2D eigenvalue weighted by Gasteiger charge is 2.45. The van der Waals surface area contributed by atoms with E-state index in [1.807, 2.05) is 11.8 Å². The first-order chi connectivity index (χ1) is 18.8. The second-order valence-electron chi connectivity index (χ2n) is 11.1. The Bertz CT molecular complexity index is 1120. The summed E-state index contributed by atoms with van der Waals surface area (Å²) in [5.41, 5.74) is 6.55. The molecule has 2 fully saturated rings. The van der Waals surface area contributed by atoms with Crippen molar-refractivity contribution >= 4 is 17.5 Å². The molecular formula is C31H42ClFN2O4. The molecule has 8 heteroatoms. The maximum Gasteiger partial charge on any atom is 0.225 e. The van der Waals surface area contributed by atoms with Crippen molar-refractivity contribution in [2.45, 2.75) is 63.6 Å². The third-order valence-corrected chi connectivity index (χ3v) is 8.78. The minimum absolute atomic E-state index is 0.0236. The van der Waals surface area contributed by atoms with E-state index < -0.39 is 17.5 Å². The van der Waals surface area contributed by atoms with E-state index in [2.05, 4.69) is 0 Å². The summed E-state index contributed by atoms with van der Waals surface area (Å²) >= 11 is 6.71. The van der Waals surface area contributed by atoms with E-state index in [-0.39, 0.29) is 18.4 Å². The van der Waals surface area contributed by atoms with E-state index in [1.165, 1.54) is 6.07 Å². The van der Waals surface area contributed by atoms with Crippen LogP contribution in [0.25, 0.3) is 11.1 Å². The maximum atomic E-state index is 15.2. The van der Waals surface area contributed by atoms with Crippen molar-refractivity contribution in [3.8, 4) is 11.1 Å². The van der Waals surface area contributed by atoms with Crippen LogP contribution in [0.1, 0.15) is 56.1 Å². The summed E-state index contributed by atoms with van der Waals surface area (Å²) in [7, 11) is 1.65.